The molecule has 0 aromatic rings. The smallest absolute Gasteiger partial charge is 0.347 e. The molecule has 0 radical (unpaired) electrons. The monoisotopic (exact) mass is 101 g/mol. The Morgan fingerprint density at radius 3 is 2.43 bits per heavy atom. The van der Waals surface area contributed by atoms with Crippen LogP contribution in [0.2, 0.25) is 0 Å². The Kier molecular flexibility index (Phi) is 2.50. The molecular formula is C3H3NO3. The minimum atomic E-state index is -1.22. The standard InChI is InChI=1S/C3H3NO3/c5-2-4-1-3(6)7/h1-2H,(H,6,7). The quantitative estimate of drug-likeness (QED) is 0.369. The Balaban J connectivity index is 3.46. The summed E-state index contributed by atoms with van der Waals surface area (Å²) < 4.78 is 0. The van der Waals surface area contributed by atoms with E-state index in [-0.39, 0.29) is 6.41 Å². The highest BCUT2D eigenvalue weighted by Gasteiger charge is 1.81. The molecule has 0 unspecified atom stereocenters. The van der Waals surface area contributed by atoms with Gasteiger partial charge in [0.25, 0.3) is 0 Å². The molecule has 1 N–H and O–H groups in total. The fourth-order valence-electron chi connectivity index (χ4n) is 0.0942. The first kappa shape index (κ1) is 5.81. The van der Waals surface area contributed by atoms with Gasteiger partial charge >= 0.3 is 5.97 Å². The van der Waals surface area contributed by atoms with Crippen LogP contribution in [0.4, 0.5) is 0 Å². The number of carbonyl (C=O) groups excluding carboxylic acids is 1. The molecule has 0 heterocycles. The predicted molar refractivity (Wildman–Crippen MR) is 22.2 cm³/mol. The number of hydrogen-bond acceptors (Lipinski definition) is 2. The summed E-state index contributed by atoms with van der Waals surface area (Å²) in [6.07, 6.45) is 0.682. The van der Waals surface area contributed by atoms with E-state index in [2.05, 4.69) is 4.99 Å². The van der Waals surface area contributed by atoms with Crippen LogP contribution in [-0.2, 0) is 9.59 Å². The van der Waals surface area contributed by atoms with Crippen molar-refractivity contribution < 1.29 is 14.7 Å². The maximum Gasteiger partial charge on any atom is 0.347 e. The fraction of sp³-hybridized carbons (Fsp3) is 0. The highest BCUT2D eigenvalue weighted by Crippen LogP contribution is 1.52. The fourth-order valence-corrected chi connectivity index (χ4v) is 0.0942. The number of nitrogens with zero attached hydrogens (tertiary/aromatic N) is 1. The lowest BCUT2D eigenvalue weighted by Crippen LogP contribution is -1.93. The van der Waals surface area contributed by atoms with Crippen molar-refractivity contribution in [2.75, 3.05) is 0 Å². The second-order valence-electron chi connectivity index (χ2n) is 0.722. The highest BCUT2D eigenvalue weighted by molar-refractivity contribution is 6.23. The summed E-state index contributed by atoms with van der Waals surface area (Å²) in [4.78, 5) is 21.5. The van der Waals surface area contributed by atoms with Crippen molar-refractivity contribution in [1.29, 1.82) is 0 Å². The van der Waals surface area contributed by atoms with Gasteiger partial charge in [0.05, 0.1) is 0 Å². The molecule has 0 aromatic heterocycles. The molecule has 0 fully saturated rings. The van der Waals surface area contributed by atoms with E-state index in [4.69, 9.17) is 5.11 Å². The van der Waals surface area contributed by atoms with E-state index in [1.165, 1.54) is 0 Å². The summed E-state index contributed by atoms with van der Waals surface area (Å²) in [6.45, 7) is 0. The first-order chi connectivity index (χ1) is 3.27. The summed E-state index contributed by atoms with van der Waals surface area (Å²) in [7, 11) is 0. The Labute approximate surface area is 39.5 Å². The molecule has 0 saturated carbocycles. The molecule has 0 aliphatic heterocycles. The summed E-state index contributed by atoms with van der Waals surface area (Å²) in [6, 6.07) is 0. The molecule has 0 aliphatic rings. The van der Waals surface area contributed by atoms with Crippen LogP contribution in [0.15, 0.2) is 4.99 Å². The summed E-state index contributed by atoms with van der Waals surface area (Å²) in [5.41, 5.74) is 0. The Bertz CT molecular complexity index is 107. The lowest BCUT2D eigenvalue weighted by atomic mass is 10.8. The first-order valence-corrected chi connectivity index (χ1v) is 1.47. The van der Waals surface area contributed by atoms with E-state index in [1.54, 1.807) is 0 Å². The van der Waals surface area contributed by atoms with Gasteiger partial charge in [-0.15, -0.1) is 0 Å². The number of aliphatic carboxylic acids is 1. The molecular weight excluding hydrogens is 98.0 g/mol. The van der Waals surface area contributed by atoms with Gasteiger partial charge in [0, 0.05) is 0 Å². The Morgan fingerprint density at radius 1 is 1.71 bits per heavy atom. The van der Waals surface area contributed by atoms with E-state index >= 15 is 0 Å². The molecule has 38 valence electrons. The van der Waals surface area contributed by atoms with Crippen LogP contribution in [0.1, 0.15) is 0 Å². The van der Waals surface area contributed by atoms with Gasteiger partial charge in [0.2, 0.25) is 6.41 Å². The molecule has 1 amide bonds. The van der Waals surface area contributed by atoms with E-state index in [0.29, 0.717) is 6.21 Å². The van der Waals surface area contributed by atoms with Gasteiger partial charge < -0.3 is 5.11 Å². The summed E-state index contributed by atoms with van der Waals surface area (Å²) >= 11 is 0. The van der Waals surface area contributed by atoms with Crippen LogP contribution in [0.25, 0.3) is 0 Å². The van der Waals surface area contributed by atoms with Crippen LogP contribution in [0.5, 0.6) is 0 Å². The van der Waals surface area contributed by atoms with Crippen LogP contribution in [0.3, 0.4) is 0 Å². The average Bonchev–Trinajstić information content (AvgIpc) is 1.61. The molecule has 0 aliphatic carbocycles. The van der Waals surface area contributed by atoms with Crippen LogP contribution in [-0.4, -0.2) is 23.7 Å². The molecule has 0 rings (SSSR count). The second kappa shape index (κ2) is 3.02. The highest BCUT2D eigenvalue weighted by atomic mass is 16.4. The first-order valence-electron chi connectivity index (χ1n) is 1.47. The Hall–Kier alpha value is -1.19. The van der Waals surface area contributed by atoms with Gasteiger partial charge in [-0.1, -0.05) is 0 Å². The van der Waals surface area contributed by atoms with Gasteiger partial charge in [-0.2, -0.15) is 0 Å². The van der Waals surface area contributed by atoms with Crippen molar-refractivity contribution in [2.24, 2.45) is 4.99 Å². The van der Waals surface area contributed by atoms with Crippen molar-refractivity contribution in [2.45, 2.75) is 0 Å². The molecule has 4 heteroatoms. The third-order valence-corrected chi connectivity index (χ3v) is 0.246. The molecule has 0 aromatic carbocycles. The molecule has 4 nitrogen and oxygen atoms in total. The third-order valence-electron chi connectivity index (χ3n) is 0.246. The van der Waals surface area contributed by atoms with Gasteiger partial charge in [-0.25, -0.2) is 9.79 Å². The minimum absolute atomic E-state index is 0.161. The maximum absolute atomic E-state index is 9.45. The van der Waals surface area contributed by atoms with Gasteiger partial charge in [-0.3, -0.25) is 4.79 Å². The van der Waals surface area contributed by atoms with Crippen LogP contribution < -0.4 is 0 Å². The number of carbonyl (C=O) groups is 2. The number of carboxylic acid groups (broad SMARTS) is 1. The largest absolute Gasteiger partial charge is 0.477 e. The van der Waals surface area contributed by atoms with Gasteiger partial charge in [-0.05, 0) is 0 Å². The normalized spacial score (nSPS) is 9.14. The SMILES string of the molecule is O=CN=CC(=O)O. The lowest BCUT2D eigenvalue weighted by Gasteiger charge is -1.68. The van der Waals surface area contributed by atoms with Crippen molar-refractivity contribution in [1.82, 2.24) is 0 Å². The number of carboxylic acids is 1. The summed E-state index contributed by atoms with van der Waals surface area (Å²) in [5, 5.41) is 7.74. The molecule has 0 atom stereocenters. The predicted octanol–water partition coefficient (Wildman–Crippen LogP) is -0.702. The number of rotatable bonds is 2. The van der Waals surface area contributed by atoms with E-state index in [1.807, 2.05) is 0 Å². The van der Waals surface area contributed by atoms with Crippen molar-refractivity contribution >= 4 is 18.6 Å². The topological polar surface area (TPSA) is 66.7 Å². The van der Waals surface area contributed by atoms with Gasteiger partial charge in [0.15, 0.2) is 0 Å². The zero-order chi connectivity index (χ0) is 5.70. The average molecular weight is 101 g/mol. The molecule has 0 bridgehead atoms. The van der Waals surface area contributed by atoms with Crippen molar-refractivity contribution in [3.63, 3.8) is 0 Å². The zero-order valence-electron chi connectivity index (χ0n) is 3.37. The summed E-state index contributed by atoms with van der Waals surface area (Å²) in [5.74, 6) is -1.22. The Morgan fingerprint density at radius 2 is 2.29 bits per heavy atom. The number of hydrogen-bond donors (Lipinski definition) is 1. The molecule has 0 spiro atoms. The third kappa shape index (κ3) is 4.81. The van der Waals surface area contributed by atoms with E-state index in [0.717, 1.165) is 0 Å². The number of aliphatic imine (C=N–C) groups is 1. The van der Waals surface area contributed by atoms with Crippen molar-refractivity contribution in [3.8, 4) is 0 Å². The molecule has 0 saturated heterocycles. The van der Waals surface area contributed by atoms with Crippen LogP contribution in [0, 0.1) is 0 Å². The lowest BCUT2D eigenvalue weighted by molar-refractivity contribution is -0.129. The van der Waals surface area contributed by atoms with Crippen molar-refractivity contribution in [3.05, 3.63) is 0 Å². The molecule has 7 heavy (non-hydrogen) atoms. The van der Waals surface area contributed by atoms with Gasteiger partial charge in [0.1, 0.15) is 6.21 Å². The number of amides is 1. The minimum Gasteiger partial charge on any atom is -0.477 e. The van der Waals surface area contributed by atoms with E-state index < -0.39 is 5.97 Å². The van der Waals surface area contributed by atoms with E-state index in [9.17, 15) is 9.59 Å². The maximum atomic E-state index is 9.45. The zero-order valence-corrected chi connectivity index (χ0v) is 3.37. The second-order valence-corrected chi connectivity index (χ2v) is 0.722. The van der Waals surface area contributed by atoms with Crippen LogP contribution >= 0.6 is 0 Å².